The van der Waals surface area contributed by atoms with Gasteiger partial charge in [0.05, 0.1) is 0 Å². The quantitative estimate of drug-likeness (QED) is 0.633. The Morgan fingerprint density at radius 1 is 1.29 bits per heavy atom. The summed E-state index contributed by atoms with van der Waals surface area (Å²) < 4.78 is 1.66. The molecule has 14 heavy (non-hydrogen) atoms. The Morgan fingerprint density at radius 2 is 1.93 bits per heavy atom. The molecule has 0 saturated carbocycles. The van der Waals surface area contributed by atoms with Crippen molar-refractivity contribution in [3.05, 3.63) is 24.4 Å². The summed E-state index contributed by atoms with van der Waals surface area (Å²) in [6.45, 7) is 2.65. The maximum absolute atomic E-state index is 11.3. The summed E-state index contributed by atoms with van der Waals surface area (Å²) in [6.07, 6.45) is 4.22. The lowest BCUT2D eigenvalue weighted by atomic mass is 10.5. The van der Waals surface area contributed by atoms with E-state index in [0.29, 0.717) is 12.4 Å². The van der Waals surface area contributed by atoms with E-state index in [-0.39, 0.29) is 11.8 Å². The van der Waals surface area contributed by atoms with E-state index in [0.717, 1.165) is 4.90 Å². The van der Waals surface area contributed by atoms with Gasteiger partial charge in [0.15, 0.2) is 5.82 Å². The molecule has 5 nitrogen and oxygen atoms in total. The topological polar surface area (TPSA) is 55.2 Å². The molecule has 1 aromatic rings. The summed E-state index contributed by atoms with van der Waals surface area (Å²) in [4.78, 5) is 23.6. The van der Waals surface area contributed by atoms with Gasteiger partial charge in [-0.15, -0.1) is 0 Å². The summed E-state index contributed by atoms with van der Waals surface area (Å²) in [7, 11) is 0. The number of anilines is 1. The molecule has 0 unspecified atom stereocenters. The van der Waals surface area contributed by atoms with Gasteiger partial charge in [-0.25, -0.2) is 4.90 Å². The number of rotatable bonds is 2. The van der Waals surface area contributed by atoms with Crippen LogP contribution in [-0.4, -0.2) is 21.6 Å². The predicted octanol–water partition coefficient (Wildman–Crippen LogP) is 0.332. The van der Waals surface area contributed by atoms with Gasteiger partial charge in [-0.1, -0.05) is 0 Å². The molecule has 2 rings (SSSR count). The summed E-state index contributed by atoms with van der Waals surface area (Å²) in [6, 6.07) is 1.65. The molecule has 0 bridgehead atoms. The van der Waals surface area contributed by atoms with Crippen molar-refractivity contribution in [2.24, 2.45) is 0 Å². The molecular formula is C9H9N3O2. The van der Waals surface area contributed by atoms with Crippen molar-refractivity contribution in [3.63, 3.8) is 0 Å². The van der Waals surface area contributed by atoms with Crippen LogP contribution in [0.15, 0.2) is 24.4 Å². The number of carbonyl (C=O) groups excluding carboxylic acids is 2. The first-order chi connectivity index (χ1) is 6.72. The first kappa shape index (κ1) is 8.68. The number of hydrogen-bond acceptors (Lipinski definition) is 3. The van der Waals surface area contributed by atoms with Crippen LogP contribution in [0.3, 0.4) is 0 Å². The van der Waals surface area contributed by atoms with Gasteiger partial charge in [-0.2, -0.15) is 5.10 Å². The maximum Gasteiger partial charge on any atom is 0.259 e. The zero-order chi connectivity index (χ0) is 10.1. The third kappa shape index (κ3) is 1.22. The fourth-order valence-corrected chi connectivity index (χ4v) is 1.27. The molecule has 0 spiro atoms. The van der Waals surface area contributed by atoms with Gasteiger partial charge in [0.2, 0.25) is 0 Å². The van der Waals surface area contributed by atoms with Crippen LogP contribution < -0.4 is 4.90 Å². The van der Waals surface area contributed by atoms with Crippen molar-refractivity contribution in [2.45, 2.75) is 13.5 Å². The van der Waals surface area contributed by atoms with Crippen LogP contribution in [0.4, 0.5) is 5.82 Å². The van der Waals surface area contributed by atoms with Crippen LogP contribution in [-0.2, 0) is 16.1 Å². The van der Waals surface area contributed by atoms with Gasteiger partial charge in [-0.3, -0.25) is 14.3 Å². The highest BCUT2D eigenvalue weighted by Crippen LogP contribution is 2.15. The zero-order valence-electron chi connectivity index (χ0n) is 7.67. The average Bonchev–Trinajstić information content (AvgIpc) is 2.73. The fraction of sp³-hybridized carbons (Fsp3) is 0.222. The number of aryl methyl sites for hydroxylation is 1. The van der Waals surface area contributed by atoms with E-state index in [1.54, 1.807) is 16.9 Å². The molecule has 1 aliphatic heterocycles. The number of imide groups is 1. The van der Waals surface area contributed by atoms with Crippen LogP contribution in [0, 0.1) is 0 Å². The number of nitrogens with zero attached hydrogens (tertiary/aromatic N) is 3. The van der Waals surface area contributed by atoms with Crippen LogP contribution in [0.25, 0.3) is 0 Å². The van der Waals surface area contributed by atoms with Crippen LogP contribution in [0.1, 0.15) is 6.92 Å². The summed E-state index contributed by atoms with van der Waals surface area (Å²) in [5, 5.41) is 4.07. The van der Waals surface area contributed by atoms with Crippen molar-refractivity contribution in [3.8, 4) is 0 Å². The van der Waals surface area contributed by atoms with E-state index in [1.165, 1.54) is 12.2 Å². The third-order valence-electron chi connectivity index (χ3n) is 1.99. The molecule has 0 N–H and O–H groups in total. The van der Waals surface area contributed by atoms with Crippen molar-refractivity contribution >= 4 is 17.6 Å². The van der Waals surface area contributed by atoms with Crippen molar-refractivity contribution in [2.75, 3.05) is 4.90 Å². The first-order valence-corrected chi connectivity index (χ1v) is 4.32. The Labute approximate surface area is 80.6 Å². The van der Waals surface area contributed by atoms with Crippen LogP contribution in [0.5, 0.6) is 0 Å². The van der Waals surface area contributed by atoms with Gasteiger partial charge < -0.3 is 0 Å². The number of carbonyl (C=O) groups is 2. The minimum absolute atomic E-state index is 0.337. The summed E-state index contributed by atoms with van der Waals surface area (Å²) in [5.74, 6) is -0.292. The average molecular weight is 191 g/mol. The molecule has 2 amide bonds. The third-order valence-corrected chi connectivity index (χ3v) is 1.99. The minimum Gasteiger partial charge on any atom is -0.271 e. The Morgan fingerprint density at radius 3 is 2.43 bits per heavy atom. The Hall–Kier alpha value is -1.91. The lowest BCUT2D eigenvalue weighted by molar-refractivity contribution is -0.120. The molecule has 0 fully saturated rings. The standard InChI is InChI=1S/C9H9N3O2/c1-2-11-6-5-7(10-11)12-8(13)3-4-9(12)14/h3-6H,2H2,1H3. The fourth-order valence-electron chi connectivity index (χ4n) is 1.27. The molecule has 0 atom stereocenters. The van der Waals surface area contributed by atoms with E-state index >= 15 is 0 Å². The van der Waals surface area contributed by atoms with Gasteiger partial charge in [0.25, 0.3) is 11.8 Å². The second-order valence-corrected chi connectivity index (χ2v) is 2.87. The Kier molecular flexibility index (Phi) is 1.92. The molecule has 1 aromatic heterocycles. The van der Waals surface area contributed by atoms with Crippen LogP contribution >= 0.6 is 0 Å². The van der Waals surface area contributed by atoms with Gasteiger partial charge >= 0.3 is 0 Å². The molecule has 5 heteroatoms. The molecule has 2 heterocycles. The van der Waals surface area contributed by atoms with E-state index in [2.05, 4.69) is 5.10 Å². The highest BCUT2D eigenvalue weighted by atomic mass is 16.2. The smallest absolute Gasteiger partial charge is 0.259 e. The van der Waals surface area contributed by atoms with E-state index < -0.39 is 0 Å². The van der Waals surface area contributed by atoms with Crippen molar-refractivity contribution in [1.29, 1.82) is 0 Å². The van der Waals surface area contributed by atoms with Crippen LogP contribution in [0.2, 0.25) is 0 Å². The SMILES string of the molecule is CCn1ccc(N2C(=O)C=CC2=O)n1. The zero-order valence-corrected chi connectivity index (χ0v) is 7.67. The Bertz CT molecular complexity index is 401. The van der Waals surface area contributed by atoms with Crippen molar-refractivity contribution < 1.29 is 9.59 Å². The van der Waals surface area contributed by atoms with E-state index in [1.807, 2.05) is 6.92 Å². The Balaban J connectivity index is 2.31. The lowest BCUT2D eigenvalue weighted by Gasteiger charge is -2.08. The molecular weight excluding hydrogens is 182 g/mol. The normalized spacial score (nSPS) is 15.6. The maximum atomic E-state index is 11.3. The molecule has 0 radical (unpaired) electrons. The molecule has 0 aromatic carbocycles. The molecule has 0 saturated heterocycles. The number of aromatic nitrogens is 2. The van der Waals surface area contributed by atoms with Gasteiger partial charge in [0, 0.05) is 31.0 Å². The molecule has 72 valence electrons. The van der Waals surface area contributed by atoms with E-state index in [9.17, 15) is 9.59 Å². The minimum atomic E-state index is -0.337. The number of hydrogen-bond donors (Lipinski definition) is 0. The summed E-state index contributed by atoms with van der Waals surface area (Å²) in [5.41, 5.74) is 0. The van der Waals surface area contributed by atoms with Gasteiger partial charge in [-0.05, 0) is 6.92 Å². The molecule has 1 aliphatic rings. The predicted molar refractivity (Wildman–Crippen MR) is 49.5 cm³/mol. The highest BCUT2D eigenvalue weighted by molar-refractivity contribution is 6.27. The summed E-state index contributed by atoms with van der Waals surface area (Å²) >= 11 is 0. The molecule has 0 aliphatic carbocycles. The second-order valence-electron chi connectivity index (χ2n) is 2.87. The second kappa shape index (κ2) is 3.10. The lowest BCUT2D eigenvalue weighted by Crippen LogP contribution is -2.30. The monoisotopic (exact) mass is 191 g/mol. The van der Waals surface area contributed by atoms with Crippen molar-refractivity contribution in [1.82, 2.24) is 9.78 Å². The highest BCUT2D eigenvalue weighted by Gasteiger charge is 2.26. The first-order valence-electron chi connectivity index (χ1n) is 4.32. The number of amides is 2. The van der Waals surface area contributed by atoms with Gasteiger partial charge in [0.1, 0.15) is 0 Å². The van der Waals surface area contributed by atoms with E-state index in [4.69, 9.17) is 0 Å². The largest absolute Gasteiger partial charge is 0.271 e.